The Balaban J connectivity index is 5.72. The summed E-state index contributed by atoms with van der Waals surface area (Å²) in [4.78, 5) is 22.7. The zero-order chi connectivity index (χ0) is 20.1. The molecule has 0 rings (SSSR count). The molecule has 0 fully saturated rings. The van der Waals surface area contributed by atoms with E-state index in [1.165, 1.54) is 5.32 Å². The largest absolute Gasteiger partial charge is 0.466 e. The van der Waals surface area contributed by atoms with Gasteiger partial charge in [0.05, 0.1) is 13.0 Å². The van der Waals surface area contributed by atoms with Gasteiger partial charge in [-0.15, -0.1) is 0 Å². The van der Waals surface area contributed by atoms with Gasteiger partial charge < -0.3 is 14.8 Å². The van der Waals surface area contributed by atoms with E-state index in [1.54, 1.807) is 0 Å². The average molecular weight is 397 g/mol. The molecule has 8 nitrogen and oxygen atoms in total. The van der Waals surface area contributed by atoms with Crippen LogP contribution in [0.15, 0.2) is 25.4 Å². The molecular formula is C11H12F5NO7S. The van der Waals surface area contributed by atoms with Crippen molar-refractivity contribution in [3.63, 3.8) is 0 Å². The molecule has 144 valence electrons. The third-order valence-corrected chi connectivity index (χ3v) is 3.35. The highest BCUT2D eigenvalue weighted by molar-refractivity contribution is 7.86. The normalized spacial score (nSPS) is 15.0. The Labute approximate surface area is 138 Å². The van der Waals surface area contributed by atoms with Gasteiger partial charge in [-0.25, -0.2) is 4.79 Å². The molecule has 0 heterocycles. The number of hydrogen-bond donors (Lipinski definition) is 2. The van der Waals surface area contributed by atoms with E-state index in [9.17, 15) is 40.0 Å². The van der Waals surface area contributed by atoms with Crippen molar-refractivity contribution in [2.24, 2.45) is 0 Å². The lowest BCUT2D eigenvalue weighted by molar-refractivity contribution is -0.347. The first-order valence-corrected chi connectivity index (χ1v) is 7.41. The van der Waals surface area contributed by atoms with Crippen molar-refractivity contribution in [1.82, 2.24) is 5.32 Å². The molecular weight excluding hydrogens is 385 g/mol. The second-order valence-electron chi connectivity index (χ2n) is 4.13. The van der Waals surface area contributed by atoms with Gasteiger partial charge in [0.15, 0.2) is 0 Å². The van der Waals surface area contributed by atoms with Crippen molar-refractivity contribution in [2.45, 2.75) is 23.6 Å². The number of carbonyl (C=O) groups excluding carboxylic acids is 2. The molecule has 14 heteroatoms. The number of carbonyl (C=O) groups is 2. The number of esters is 1. The summed E-state index contributed by atoms with van der Waals surface area (Å²) in [5.41, 5.74) is 0. The van der Waals surface area contributed by atoms with Gasteiger partial charge in [0, 0.05) is 6.08 Å². The fraction of sp³-hybridized carbons (Fsp3) is 0.455. The summed E-state index contributed by atoms with van der Waals surface area (Å²) in [6.07, 6.45) is -7.04. The minimum absolute atomic E-state index is 0.234. The first kappa shape index (κ1) is 22.9. The van der Waals surface area contributed by atoms with E-state index in [-0.39, 0.29) is 6.08 Å². The molecule has 1 unspecified atom stereocenters. The lowest BCUT2D eigenvalue weighted by Crippen LogP contribution is -2.61. The van der Waals surface area contributed by atoms with Gasteiger partial charge in [-0.2, -0.15) is 30.4 Å². The molecule has 0 aromatic carbocycles. The summed E-state index contributed by atoms with van der Waals surface area (Å²) in [6, 6.07) is 0. The van der Waals surface area contributed by atoms with Crippen molar-refractivity contribution in [3.05, 3.63) is 25.4 Å². The zero-order valence-electron chi connectivity index (χ0n) is 12.2. The molecule has 0 aliphatic rings. The van der Waals surface area contributed by atoms with Gasteiger partial charge in [0.25, 0.3) is 0 Å². The molecule has 0 bridgehead atoms. The Morgan fingerprint density at radius 3 is 2.04 bits per heavy atom. The van der Waals surface area contributed by atoms with Crippen LogP contribution in [0.1, 0.15) is 6.42 Å². The number of hydrogen-bond acceptors (Lipinski definition) is 6. The van der Waals surface area contributed by atoms with E-state index < -0.39 is 52.2 Å². The van der Waals surface area contributed by atoms with Crippen molar-refractivity contribution in [2.75, 3.05) is 6.61 Å². The van der Waals surface area contributed by atoms with Gasteiger partial charge in [0.1, 0.15) is 0 Å². The standard InChI is InChI=1S/C11H12F5NO7S/c1-3-7(18)24-10(11(14,15)16,8(19)17-4-2)23-6-5-9(12,13)25(20,21)22/h3-4H,1-2,5-6H2,(H,17,19)(H,20,21,22). The SMILES string of the molecule is C=CNC(=O)C(OCCC(F)(F)S(=O)(=O)O)(OC(=O)C=C)C(F)(F)F. The highest BCUT2D eigenvalue weighted by atomic mass is 32.2. The molecule has 1 amide bonds. The molecule has 0 saturated carbocycles. The lowest BCUT2D eigenvalue weighted by Gasteiger charge is -2.32. The van der Waals surface area contributed by atoms with E-state index >= 15 is 0 Å². The van der Waals surface area contributed by atoms with E-state index in [4.69, 9.17) is 4.55 Å². The van der Waals surface area contributed by atoms with Crippen LogP contribution in [0, 0.1) is 0 Å². The molecule has 0 aliphatic carbocycles. The van der Waals surface area contributed by atoms with Crippen molar-refractivity contribution >= 4 is 22.0 Å². The summed E-state index contributed by atoms with van der Waals surface area (Å²) in [6.45, 7) is 3.95. The molecule has 0 spiro atoms. The third kappa shape index (κ3) is 5.47. The van der Waals surface area contributed by atoms with Gasteiger partial charge in [-0.1, -0.05) is 13.2 Å². The van der Waals surface area contributed by atoms with Crippen molar-refractivity contribution in [1.29, 1.82) is 0 Å². The Kier molecular flexibility index (Phi) is 7.23. The van der Waals surface area contributed by atoms with E-state index in [1.807, 2.05) is 0 Å². The first-order chi connectivity index (χ1) is 11.1. The predicted octanol–water partition coefficient (Wildman–Crippen LogP) is 1.12. The fourth-order valence-electron chi connectivity index (χ4n) is 1.22. The average Bonchev–Trinajstić information content (AvgIpc) is 2.43. The van der Waals surface area contributed by atoms with Crippen LogP contribution in [0.4, 0.5) is 22.0 Å². The number of halogens is 5. The van der Waals surface area contributed by atoms with Gasteiger partial charge in [0.2, 0.25) is 0 Å². The zero-order valence-corrected chi connectivity index (χ0v) is 13.0. The molecule has 0 radical (unpaired) electrons. The summed E-state index contributed by atoms with van der Waals surface area (Å²) in [7, 11) is -5.95. The molecule has 0 aromatic rings. The maximum atomic E-state index is 13.2. The van der Waals surface area contributed by atoms with Crippen LogP contribution >= 0.6 is 0 Å². The maximum absolute atomic E-state index is 13.2. The number of alkyl halides is 5. The quantitative estimate of drug-likeness (QED) is 0.197. The van der Waals surface area contributed by atoms with Crippen LogP contribution in [0.3, 0.4) is 0 Å². The van der Waals surface area contributed by atoms with Crippen LogP contribution in [0.5, 0.6) is 0 Å². The van der Waals surface area contributed by atoms with Crippen LogP contribution in [-0.4, -0.2) is 48.7 Å². The third-order valence-electron chi connectivity index (χ3n) is 2.39. The van der Waals surface area contributed by atoms with Crippen molar-refractivity contribution < 1.29 is 54.0 Å². The van der Waals surface area contributed by atoms with Gasteiger partial charge in [-0.3, -0.25) is 9.35 Å². The summed E-state index contributed by atoms with van der Waals surface area (Å²) < 4.78 is 103. The molecule has 1 atom stereocenters. The Morgan fingerprint density at radius 1 is 1.16 bits per heavy atom. The highest BCUT2D eigenvalue weighted by Crippen LogP contribution is 2.37. The molecule has 25 heavy (non-hydrogen) atoms. The van der Waals surface area contributed by atoms with Crippen LogP contribution < -0.4 is 5.32 Å². The molecule has 0 aliphatic heterocycles. The topological polar surface area (TPSA) is 119 Å². The minimum atomic E-state index is -5.95. The number of nitrogens with one attached hydrogen (secondary N) is 1. The van der Waals surface area contributed by atoms with Gasteiger partial charge in [-0.05, 0) is 6.20 Å². The molecule has 0 aromatic heterocycles. The Bertz CT molecular complexity index is 646. The number of ether oxygens (including phenoxy) is 2. The van der Waals surface area contributed by atoms with Crippen LogP contribution in [0.25, 0.3) is 0 Å². The van der Waals surface area contributed by atoms with Crippen molar-refractivity contribution in [3.8, 4) is 0 Å². The second kappa shape index (κ2) is 7.88. The first-order valence-electron chi connectivity index (χ1n) is 5.97. The van der Waals surface area contributed by atoms with Gasteiger partial charge >= 0.3 is 39.2 Å². The number of amides is 1. The highest BCUT2D eigenvalue weighted by Gasteiger charge is 2.66. The van der Waals surface area contributed by atoms with Crippen LogP contribution in [0.2, 0.25) is 0 Å². The summed E-state index contributed by atoms with van der Waals surface area (Å²) in [5.74, 6) is -8.33. The van der Waals surface area contributed by atoms with E-state index in [0.29, 0.717) is 6.20 Å². The molecule has 2 N–H and O–H groups in total. The smallest absolute Gasteiger partial charge is 0.412 e. The number of rotatable bonds is 9. The maximum Gasteiger partial charge on any atom is 0.466 e. The summed E-state index contributed by atoms with van der Waals surface area (Å²) in [5, 5.41) is -3.46. The fourth-order valence-corrected chi connectivity index (χ4v) is 1.56. The Hall–Kier alpha value is -2.06. The lowest BCUT2D eigenvalue weighted by atomic mass is 10.2. The Morgan fingerprint density at radius 2 is 1.68 bits per heavy atom. The second-order valence-corrected chi connectivity index (χ2v) is 5.68. The molecule has 0 saturated heterocycles. The van der Waals surface area contributed by atoms with E-state index in [2.05, 4.69) is 22.6 Å². The monoisotopic (exact) mass is 397 g/mol. The summed E-state index contributed by atoms with van der Waals surface area (Å²) >= 11 is 0. The van der Waals surface area contributed by atoms with E-state index in [0.717, 1.165) is 0 Å². The minimum Gasteiger partial charge on any atom is -0.412 e. The predicted molar refractivity (Wildman–Crippen MR) is 70.5 cm³/mol. The van der Waals surface area contributed by atoms with Crippen LogP contribution in [-0.2, 0) is 29.2 Å².